The molecule has 0 spiro atoms. The predicted octanol–water partition coefficient (Wildman–Crippen LogP) is 1.29. The summed E-state index contributed by atoms with van der Waals surface area (Å²) in [5, 5.41) is 0. The zero-order valence-electron chi connectivity index (χ0n) is 9.06. The first kappa shape index (κ1) is 13.5. The van der Waals surface area contributed by atoms with Gasteiger partial charge in [-0.05, 0) is 19.4 Å². The van der Waals surface area contributed by atoms with Crippen LogP contribution >= 0.6 is 0 Å². The molecule has 0 aromatic heterocycles. The van der Waals surface area contributed by atoms with Crippen molar-refractivity contribution >= 4 is 18.5 Å². The highest BCUT2D eigenvalue weighted by atomic mass is 16.5. The van der Waals surface area contributed by atoms with Gasteiger partial charge in [-0.1, -0.05) is 6.08 Å². The first-order valence-electron chi connectivity index (χ1n) is 4.90. The zero-order valence-corrected chi connectivity index (χ0v) is 9.06. The Kier molecular flexibility index (Phi) is 7.14. The minimum atomic E-state index is -0.384. The Bertz CT molecular complexity index is 255. The van der Waals surface area contributed by atoms with Crippen LogP contribution in [-0.2, 0) is 19.1 Å². The Labute approximate surface area is 89.3 Å². The molecule has 0 aliphatic heterocycles. The van der Waals surface area contributed by atoms with Crippen molar-refractivity contribution in [2.24, 2.45) is 5.92 Å². The lowest BCUT2D eigenvalue weighted by molar-refractivity contribution is -0.143. The highest BCUT2D eigenvalue weighted by Gasteiger charge is 2.17. The molecule has 4 nitrogen and oxygen atoms in total. The average Bonchev–Trinajstić information content (AvgIpc) is 2.20. The number of carbonyl (C=O) groups is 3. The van der Waals surface area contributed by atoms with Crippen LogP contribution in [0.15, 0.2) is 11.6 Å². The fourth-order valence-electron chi connectivity index (χ4n) is 1.27. The van der Waals surface area contributed by atoms with Crippen LogP contribution in [0.4, 0.5) is 0 Å². The quantitative estimate of drug-likeness (QED) is 0.362. The van der Waals surface area contributed by atoms with Crippen LogP contribution in [0, 0.1) is 5.92 Å². The maximum Gasteiger partial charge on any atom is 0.306 e. The number of ether oxygens (including phenoxy) is 1. The molecule has 0 amide bonds. The number of hydrogen-bond acceptors (Lipinski definition) is 4. The minimum absolute atomic E-state index is 0.0744. The normalized spacial score (nSPS) is 13.1. The van der Waals surface area contributed by atoms with Gasteiger partial charge >= 0.3 is 5.97 Å². The van der Waals surface area contributed by atoms with E-state index in [0.717, 1.165) is 0 Å². The summed E-state index contributed by atoms with van der Waals surface area (Å²) in [6.07, 6.45) is 3.23. The molecule has 0 N–H and O–H groups in total. The summed E-state index contributed by atoms with van der Waals surface area (Å²) < 4.78 is 4.76. The van der Waals surface area contributed by atoms with Gasteiger partial charge in [-0.15, -0.1) is 0 Å². The Hall–Kier alpha value is -1.45. The van der Waals surface area contributed by atoms with Gasteiger partial charge in [0.2, 0.25) is 0 Å². The van der Waals surface area contributed by atoms with Crippen LogP contribution in [-0.4, -0.2) is 25.1 Å². The molecule has 0 rings (SSSR count). The molecule has 0 aromatic carbocycles. The van der Waals surface area contributed by atoms with Crippen molar-refractivity contribution in [1.82, 2.24) is 0 Å². The summed E-state index contributed by atoms with van der Waals surface area (Å²) >= 11 is 0. The van der Waals surface area contributed by atoms with Crippen LogP contribution in [0.3, 0.4) is 0 Å². The van der Waals surface area contributed by atoms with E-state index in [1.165, 1.54) is 0 Å². The van der Waals surface area contributed by atoms with Crippen LogP contribution < -0.4 is 0 Å². The monoisotopic (exact) mass is 212 g/mol. The van der Waals surface area contributed by atoms with E-state index < -0.39 is 0 Å². The Morgan fingerprint density at radius 3 is 2.47 bits per heavy atom. The summed E-state index contributed by atoms with van der Waals surface area (Å²) in [4.78, 5) is 32.2. The summed E-state index contributed by atoms with van der Waals surface area (Å²) in [5.41, 5.74) is 0.468. The lowest BCUT2D eigenvalue weighted by Gasteiger charge is -2.12. The zero-order chi connectivity index (χ0) is 11.7. The van der Waals surface area contributed by atoms with Gasteiger partial charge < -0.3 is 9.53 Å². The highest BCUT2D eigenvalue weighted by molar-refractivity contribution is 5.78. The van der Waals surface area contributed by atoms with E-state index in [1.54, 1.807) is 19.9 Å². The van der Waals surface area contributed by atoms with Gasteiger partial charge in [0.1, 0.15) is 12.6 Å². The number of aldehydes is 2. The Morgan fingerprint density at radius 1 is 1.40 bits per heavy atom. The maximum atomic E-state index is 11.2. The number of carbonyl (C=O) groups excluding carboxylic acids is 3. The highest BCUT2D eigenvalue weighted by Crippen LogP contribution is 2.17. The topological polar surface area (TPSA) is 60.4 Å². The number of esters is 1. The van der Waals surface area contributed by atoms with Crippen molar-refractivity contribution in [2.45, 2.75) is 26.7 Å². The minimum Gasteiger partial charge on any atom is -0.466 e. The molecule has 0 heterocycles. The third-order valence-corrected chi connectivity index (χ3v) is 2.04. The van der Waals surface area contributed by atoms with E-state index in [9.17, 15) is 14.4 Å². The predicted molar refractivity (Wildman–Crippen MR) is 55.2 cm³/mol. The molecule has 0 radical (unpaired) electrons. The smallest absolute Gasteiger partial charge is 0.306 e. The van der Waals surface area contributed by atoms with Gasteiger partial charge in [0.25, 0.3) is 0 Å². The molecule has 1 atom stereocenters. The largest absolute Gasteiger partial charge is 0.466 e. The number of allylic oxidation sites excluding steroid dienone is 2. The first-order chi connectivity index (χ1) is 7.19. The molecule has 4 heteroatoms. The molecule has 84 valence electrons. The molecule has 0 aliphatic rings. The molecule has 0 saturated heterocycles. The molecular weight excluding hydrogens is 196 g/mol. The lowest BCUT2D eigenvalue weighted by atomic mass is 9.93. The van der Waals surface area contributed by atoms with Crippen molar-refractivity contribution in [2.75, 3.05) is 6.61 Å². The average molecular weight is 212 g/mol. The third kappa shape index (κ3) is 5.10. The maximum absolute atomic E-state index is 11.2. The third-order valence-electron chi connectivity index (χ3n) is 2.04. The van der Waals surface area contributed by atoms with E-state index in [1.807, 2.05) is 0 Å². The van der Waals surface area contributed by atoms with Crippen molar-refractivity contribution < 1.29 is 19.1 Å². The van der Waals surface area contributed by atoms with E-state index in [4.69, 9.17) is 4.74 Å². The van der Waals surface area contributed by atoms with E-state index in [2.05, 4.69) is 0 Å². The van der Waals surface area contributed by atoms with Gasteiger partial charge in [0, 0.05) is 12.3 Å². The van der Waals surface area contributed by atoms with Gasteiger partial charge in [0.15, 0.2) is 0 Å². The Balaban J connectivity index is 4.45. The second-order valence-corrected chi connectivity index (χ2v) is 3.01. The summed E-state index contributed by atoms with van der Waals surface area (Å²) in [6.45, 7) is 3.72. The Morgan fingerprint density at radius 2 is 2.07 bits per heavy atom. The van der Waals surface area contributed by atoms with Crippen molar-refractivity contribution in [3.63, 3.8) is 0 Å². The van der Waals surface area contributed by atoms with E-state index in [0.29, 0.717) is 24.8 Å². The van der Waals surface area contributed by atoms with Crippen LogP contribution in [0.2, 0.25) is 0 Å². The van der Waals surface area contributed by atoms with Crippen LogP contribution in [0.25, 0.3) is 0 Å². The van der Waals surface area contributed by atoms with E-state index >= 15 is 0 Å². The molecule has 15 heavy (non-hydrogen) atoms. The van der Waals surface area contributed by atoms with Gasteiger partial charge in [-0.25, -0.2) is 0 Å². The fraction of sp³-hybridized carbons (Fsp3) is 0.545. The number of rotatable bonds is 7. The molecule has 0 aliphatic carbocycles. The van der Waals surface area contributed by atoms with Crippen molar-refractivity contribution in [3.8, 4) is 0 Å². The van der Waals surface area contributed by atoms with Crippen molar-refractivity contribution in [3.05, 3.63) is 11.6 Å². The standard InChI is InChI=1S/C11H16O4/c1-3-9(8-13)10(5-6-12)7-11(14)15-4-2/h3,6,8,10H,4-5,7H2,1-2H3/b9-3+. The van der Waals surface area contributed by atoms with Crippen molar-refractivity contribution in [1.29, 1.82) is 0 Å². The summed E-state index contributed by atoms with van der Waals surface area (Å²) in [6, 6.07) is 0. The van der Waals surface area contributed by atoms with Crippen LogP contribution in [0.5, 0.6) is 0 Å². The second kappa shape index (κ2) is 7.91. The van der Waals surface area contributed by atoms with Gasteiger partial charge in [0.05, 0.1) is 13.0 Å². The van der Waals surface area contributed by atoms with Gasteiger partial charge in [-0.3, -0.25) is 9.59 Å². The van der Waals surface area contributed by atoms with Gasteiger partial charge in [-0.2, -0.15) is 0 Å². The summed E-state index contributed by atoms with van der Waals surface area (Å²) in [5.74, 6) is -0.741. The molecular formula is C11H16O4. The van der Waals surface area contributed by atoms with Crippen LogP contribution in [0.1, 0.15) is 26.7 Å². The lowest BCUT2D eigenvalue weighted by Crippen LogP contribution is -2.14. The summed E-state index contributed by atoms with van der Waals surface area (Å²) in [7, 11) is 0. The fourth-order valence-corrected chi connectivity index (χ4v) is 1.27. The number of hydrogen-bond donors (Lipinski definition) is 0. The SMILES string of the molecule is C/C=C(\C=O)C(CC=O)CC(=O)OCC. The molecule has 0 bridgehead atoms. The molecule has 0 fully saturated rings. The van der Waals surface area contributed by atoms with E-state index in [-0.39, 0.29) is 24.7 Å². The molecule has 0 aromatic rings. The first-order valence-corrected chi connectivity index (χ1v) is 4.90. The molecule has 1 unspecified atom stereocenters. The molecule has 0 saturated carbocycles. The second-order valence-electron chi connectivity index (χ2n) is 3.01.